The summed E-state index contributed by atoms with van der Waals surface area (Å²) >= 11 is 0. The minimum absolute atomic E-state index is 0.0916. The molecule has 0 bridgehead atoms. The van der Waals surface area contributed by atoms with Gasteiger partial charge in [-0.2, -0.15) is 0 Å². The van der Waals surface area contributed by atoms with Crippen LogP contribution in [0.4, 0.5) is 0 Å². The highest BCUT2D eigenvalue weighted by atomic mass is 16.4. The van der Waals surface area contributed by atoms with Crippen LogP contribution < -0.4 is 5.56 Å². The molecule has 1 saturated heterocycles. The minimum Gasteiger partial charge on any atom is -0.454 e. The first-order chi connectivity index (χ1) is 13.7. The van der Waals surface area contributed by atoms with E-state index in [1.165, 1.54) is 11.6 Å². The van der Waals surface area contributed by atoms with E-state index in [9.17, 15) is 9.59 Å². The molecule has 3 heterocycles. The number of pyridine rings is 1. The fraction of sp³-hybridized carbons (Fsp3) is 0.273. The van der Waals surface area contributed by atoms with Crippen molar-refractivity contribution >= 4 is 5.91 Å². The topological polar surface area (TPSA) is 58.7 Å². The molecular formula is C22H23N3O3. The summed E-state index contributed by atoms with van der Waals surface area (Å²) in [5.74, 6) is 0.834. The highest BCUT2D eigenvalue weighted by molar-refractivity contribution is 5.91. The van der Waals surface area contributed by atoms with Gasteiger partial charge in [0, 0.05) is 45.0 Å². The van der Waals surface area contributed by atoms with Gasteiger partial charge >= 0.3 is 0 Å². The maximum atomic E-state index is 12.7. The van der Waals surface area contributed by atoms with Crippen LogP contribution >= 0.6 is 0 Å². The monoisotopic (exact) mass is 377 g/mol. The predicted molar refractivity (Wildman–Crippen MR) is 106 cm³/mol. The Bertz CT molecular complexity index is 985. The van der Waals surface area contributed by atoms with Crippen LogP contribution in [0.1, 0.15) is 21.9 Å². The van der Waals surface area contributed by atoms with Crippen LogP contribution in [0, 0.1) is 0 Å². The van der Waals surface area contributed by atoms with E-state index < -0.39 is 0 Å². The molecule has 2 aromatic heterocycles. The predicted octanol–water partition coefficient (Wildman–Crippen LogP) is 2.45. The summed E-state index contributed by atoms with van der Waals surface area (Å²) in [6.07, 6.45) is 1.71. The number of hydrogen-bond acceptors (Lipinski definition) is 4. The number of hydrogen-bond donors (Lipinski definition) is 0. The van der Waals surface area contributed by atoms with E-state index in [-0.39, 0.29) is 11.5 Å². The summed E-state index contributed by atoms with van der Waals surface area (Å²) in [7, 11) is 0. The highest BCUT2D eigenvalue weighted by Gasteiger charge is 2.24. The molecular weight excluding hydrogens is 354 g/mol. The number of piperazine rings is 1. The van der Waals surface area contributed by atoms with Gasteiger partial charge in [0.25, 0.3) is 11.5 Å². The molecule has 6 nitrogen and oxygen atoms in total. The molecule has 0 unspecified atom stereocenters. The molecule has 4 rings (SSSR count). The summed E-state index contributed by atoms with van der Waals surface area (Å²) < 4.78 is 7.27. The average molecular weight is 377 g/mol. The van der Waals surface area contributed by atoms with Crippen molar-refractivity contribution in [3.05, 3.63) is 94.3 Å². The molecule has 0 aliphatic carbocycles. The second kappa shape index (κ2) is 8.27. The van der Waals surface area contributed by atoms with Crippen molar-refractivity contribution in [3.63, 3.8) is 0 Å². The number of carbonyl (C=O) groups excluding carboxylic acids is 1. The number of amides is 1. The van der Waals surface area contributed by atoms with Crippen molar-refractivity contribution in [2.24, 2.45) is 0 Å². The van der Waals surface area contributed by atoms with Crippen LogP contribution in [0.5, 0.6) is 0 Å². The molecule has 3 aromatic rings. The molecule has 1 fully saturated rings. The lowest BCUT2D eigenvalue weighted by Crippen LogP contribution is -2.48. The Balaban J connectivity index is 1.34. The summed E-state index contributed by atoms with van der Waals surface area (Å²) in [4.78, 5) is 28.7. The van der Waals surface area contributed by atoms with Gasteiger partial charge in [-0.1, -0.05) is 36.4 Å². The summed E-state index contributed by atoms with van der Waals surface area (Å²) in [5.41, 5.74) is 1.19. The Morgan fingerprint density at radius 2 is 1.61 bits per heavy atom. The van der Waals surface area contributed by atoms with Crippen molar-refractivity contribution in [2.45, 2.75) is 13.1 Å². The molecule has 1 amide bonds. The fourth-order valence-electron chi connectivity index (χ4n) is 3.44. The number of carbonyl (C=O) groups is 1. The minimum atomic E-state index is -0.0960. The molecule has 0 spiro atoms. The lowest BCUT2D eigenvalue weighted by atomic mass is 10.2. The van der Waals surface area contributed by atoms with Crippen LogP contribution in [-0.2, 0) is 13.1 Å². The van der Waals surface area contributed by atoms with E-state index in [4.69, 9.17) is 4.42 Å². The molecule has 6 heteroatoms. The maximum absolute atomic E-state index is 12.7. The average Bonchev–Trinajstić information content (AvgIpc) is 3.19. The molecule has 1 aliphatic heterocycles. The Labute approximate surface area is 163 Å². The van der Waals surface area contributed by atoms with Crippen LogP contribution in [0.3, 0.4) is 0 Å². The molecule has 0 N–H and O–H groups in total. The molecule has 144 valence electrons. The highest BCUT2D eigenvalue weighted by Crippen LogP contribution is 2.14. The molecule has 0 atom stereocenters. The van der Waals surface area contributed by atoms with Gasteiger partial charge in [0.2, 0.25) is 0 Å². The van der Waals surface area contributed by atoms with Gasteiger partial charge in [0.1, 0.15) is 5.76 Å². The van der Waals surface area contributed by atoms with Crippen molar-refractivity contribution in [1.82, 2.24) is 14.4 Å². The molecule has 0 radical (unpaired) electrons. The zero-order valence-electron chi connectivity index (χ0n) is 15.7. The van der Waals surface area contributed by atoms with Crippen molar-refractivity contribution in [1.29, 1.82) is 0 Å². The van der Waals surface area contributed by atoms with E-state index >= 15 is 0 Å². The third-order valence-electron chi connectivity index (χ3n) is 5.01. The van der Waals surface area contributed by atoms with Gasteiger partial charge < -0.3 is 13.9 Å². The Kier molecular flexibility index (Phi) is 5.39. The second-order valence-corrected chi connectivity index (χ2v) is 6.99. The van der Waals surface area contributed by atoms with Crippen LogP contribution in [0.25, 0.3) is 0 Å². The Morgan fingerprint density at radius 3 is 2.36 bits per heavy atom. The lowest BCUT2D eigenvalue weighted by molar-refractivity contribution is 0.0596. The smallest absolute Gasteiger partial charge is 0.289 e. The first-order valence-corrected chi connectivity index (χ1v) is 9.49. The third kappa shape index (κ3) is 4.23. The van der Waals surface area contributed by atoms with Crippen LogP contribution in [0.15, 0.2) is 76.1 Å². The van der Waals surface area contributed by atoms with Crippen molar-refractivity contribution < 1.29 is 9.21 Å². The standard InChI is InChI=1S/C22H23N3O3/c26-21-8-4-5-11-25(21)17-19-9-10-20(28-19)22(27)24-14-12-23(13-15-24)16-18-6-2-1-3-7-18/h1-11H,12-17H2. The number of benzene rings is 1. The number of rotatable bonds is 5. The lowest BCUT2D eigenvalue weighted by Gasteiger charge is -2.34. The number of nitrogens with zero attached hydrogens (tertiary/aromatic N) is 3. The molecule has 0 saturated carbocycles. The van der Waals surface area contributed by atoms with E-state index in [1.807, 2.05) is 23.1 Å². The Morgan fingerprint density at radius 1 is 0.857 bits per heavy atom. The van der Waals surface area contributed by atoms with E-state index in [1.54, 1.807) is 35.0 Å². The van der Waals surface area contributed by atoms with Gasteiger partial charge in [-0.15, -0.1) is 0 Å². The Hall–Kier alpha value is -3.12. The zero-order chi connectivity index (χ0) is 19.3. The fourth-order valence-corrected chi connectivity index (χ4v) is 3.44. The summed E-state index contributed by atoms with van der Waals surface area (Å²) in [6, 6.07) is 18.8. The van der Waals surface area contributed by atoms with E-state index in [0.29, 0.717) is 31.2 Å². The van der Waals surface area contributed by atoms with Crippen molar-refractivity contribution in [2.75, 3.05) is 26.2 Å². The first kappa shape index (κ1) is 18.3. The van der Waals surface area contributed by atoms with Gasteiger partial charge in [-0.25, -0.2) is 0 Å². The van der Waals surface area contributed by atoms with Crippen molar-refractivity contribution in [3.8, 4) is 0 Å². The van der Waals surface area contributed by atoms with Crippen LogP contribution in [0.2, 0.25) is 0 Å². The quantitative estimate of drug-likeness (QED) is 0.685. The normalized spacial score (nSPS) is 14.9. The molecule has 1 aromatic carbocycles. The van der Waals surface area contributed by atoms with Gasteiger partial charge in [0.05, 0.1) is 6.54 Å². The number of furan rings is 1. The van der Waals surface area contributed by atoms with Gasteiger partial charge in [0.15, 0.2) is 5.76 Å². The first-order valence-electron chi connectivity index (χ1n) is 9.49. The SMILES string of the molecule is O=C(c1ccc(Cn2ccccc2=O)o1)N1CCN(Cc2ccccc2)CC1. The van der Waals surface area contributed by atoms with Gasteiger partial charge in [-0.3, -0.25) is 14.5 Å². The van der Waals surface area contributed by atoms with Crippen LogP contribution in [-0.4, -0.2) is 46.5 Å². The summed E-state index contributed by atoms with van der Waals surface area (Å²) in [5, 5.41) is 0. The van der Waals surface area contributed by atoms with Gasteiger partial charge in [-0.05, 0) is 23.8 Å². The maximum Gasteiger partial charge on any atom is 0.289 e. The summed E-state index contributed by atoms with van der Waals surface area (Å²) in [6.45, 7) is 4.26. The largest absolute Gasteiger partial charge is 0.454 e. The molecule has 1 aliphatic rings. The zero-order valence-corrected chi connectivity index (χ0v) is 15.7. The second-order valence-electron chi connectivity index (χ2n) is 6.99. The third-order valence-corrected chi connectivity index (χ3v) is 5.01. The van der Waals surface area contributed by atoms with E-state index in [2.05, 4.69) is 17.0 Å². The molecule has 28 heavy (non-hydrogen) atoms. The number of aromatic nitrogens is 1. The van der Waals surface area contributed by atoms with E-state index in [0.717, 1.165) is 19.6 Å².